The molecule has 0 atom stereocenters. The smallest absolute Gasteiger partial charge is 0.151 e. The molecule has 120 valence electrons. The van der Waals surface area contributed by atoms with Crippen LogP contribution in [0.2, 0.25) is 0 Å². The molecule has 6 heteroatoms. The number of rotatable bonds is 3. The third kappa shape index (κ3) is 3.44. The Morgan fingerprint density at radius 1 is 1.08 bits per heavy atom. The molecule has 0 spiro atoms. The van der Waals surface area contributed by atoms with E-state index in [0.29, 0.717) is 17.5 Å². The largest absolute Gasteiger partial charge is 0.505 e. The summed E-state index contributed by atoms with van der Waals surface area (Å²) < 4.78 is 12.9. The molecule has 0 saturated heterocycles. The van der Waals surface area contributed by atoms with Gasteiger partial charge in [0.2, 0.25) is 0 Å². The lowest BCUT2D eigenvalue weighted by atomic mass is 10.1. The highest BCUT2D eigenvalue weighted by Crippen LogP contribution is 2.30. The van der Waals surface area contributed by atoms with Crippen LogP contribution in [0.1, 0.15) is 11.1 Å². The summed E-state index contributed by atoms with van der Waals surface area (Å²) in [5, 5.41) is 27.6. The highest BCUT2D eigenvalue weighted by molar-refractivity contribution is 8.26. The Hall–Kier alpha value is -2.73. The molecule has 3 N–H and O–H groups in total. The standard InChI is InChI=1S/C18H14FN3OS/c19-13-6-3-11(4-7-13)10-15(20)24-18(21)14-8-5-12-2-1-9-22-16(12)17(14)23/h1-9,20-21,23H,10H2. The number of phenols is 1. The second-order valence-corrected chi connectivity index (χ2v) is 6.30. The van der Waals surface area contributed by atoms with Crippen molar-refractivity contribution >= 4 is 32.8 Å². The summed E-state index contributed by atoms with van der Waals surface area (Å²) in [6.45, 7) is 0. The Balaban J connectivity index is 1.76. The fourth-order valence-corrected chi connectivity index (χ4v) is 3.07. The van der Waals surface area contributed by atoms with Crippen molar-refractivity contribution in [3.8, 4) is 5.75 Å². The summed E-state index contributed by atoms with van der Waals surface area (Å²) in [5.41, 5.74) is 1.58. The second-order valence-electron chi connectivity index (χ2n) is 5.19. The van der Waals surface area contributed by atoms with Crippen molar-refractivity contribution < 1.29 is 9.50 Å². The molecular weight excluding hydrogens is 325 g/mol. The number of benzene rings is 2. The zero-order chi connectivity index (χ0) is 17.1. The van der Waals surface area contributed by atoms with Crippen LogP contribution in [0.25, 0.3) is 10.9 Å². The first-order valence-corrected chi connectivity index (χ1v) is 8.01. The molecule has 3 aromatic rings. The molecule has 3 rings (SSSR count). The Morgan fingerprint density at radius 3 is 2.58 bits per heavy atom. The summed E-state index contributed by atoms with van der Waals surface area (Å²) in [5.74, 6) is -0.376. The lowest BCUT2D eigenvalue weighted by Crippen LogP contribution is -2.03. The Bertz CT molecular complexity index is 925. The summed E-state index contributed by atoms with van der Waals surface area (Å²) in [6, 6.07) is 13.0. The van der Waals surface area contributed by atoms with E-state index in [-0.39, 0.29) is 21.7 Å². The van der Waals surface area contributed by atoms with Crippen LogP contribution in [0, 0.1) is 16.6 Å². The van der Waals surface area contributed by atoms with Crippen LogP contribution in [0.3, 0.4) is 0 Å². The molecule has 0 radical (unpaired) electrons. The highest BCUT2D eigenvalue weighted by atomic mass is 32.2. The molecule has 0 unspecified atom stereocenters. The number of hydrogen-bond acceptors (Lipinski definition) is 5. The van der Waals surface area contributed by atoms with Gasteiger partial charge < -0.3 is 5.11 Å². The van der Waals surface area contributed by atoms with Gasteiger partial charge in [-0.15, -0.1) is 0 Å². The van der Waals surface area contributed by atoms with Crippen molar-refractivity contribution in [3.05, 3.63) is 71.7 Å². The predicted molar refractivity (Wildman–Crippen MR) is 95.7 cm³/mol. The summed E-state index contributed by atoms with van der Waals surface area (Å²) in [7, 11) is 0. The van der Waals surface area contributed by atoms with E-state index in [0.717, 1.165) is 22.7 Å². The summed E-state index contributed by atoms with van der Waals surface area (Å²) >= 11 is 0.960. The topological polar surface area (TPSA) is 80.8 Å². The summed E-state index contributed by atoms with van der Waals surface area (Å²) in [6.07, 6.45) is 1.89. The average Bonchev–Trinajstić information content (AvgIpc) is 2.57. The third-order valence-electron chi connectivity index (χ3n) is 3.50. The molecule has 4 nitrogen and oxygen atoms in total. The number of nitrogens with zero attached hydrogens (tertiary/aromatic N) is 1. The number of thioether (sulfide) groups is 1. The molecule has 0 aliphatic heterocycles. The maximum absolute atomic E-state index is 12.9. The molecule has 1 heterocycles. The molecule has 0 aliphatic rings. The number of pyridine rings is 1. The molecule has 0 saturated carbocycles. The van der Waals surface area contributed by atoms with E-state index in [1.807, 2.05) is 6.07 Å². The van der Waals surface area contributed by atoms with Crippen molar-refractivity contribution in [2.24, 2.45) is 0 Å². The van der Waals surface area contributed by atoms with Crippen LogP contribution < -0.4 is 0 Å². The third-order valence-corrected chi connectivity index (χ3v) is 4.31. The van der Waals surface area contributed by atoms with Gasteiger partial charge in [0.1, 0.15) is 16.4 Å². The molecule has 24 heavy (non-hydrogen) atoms. The molecule has 0 amide bonds. The normalized spacial score (nSPS) is 10.7. The van der Waals surface area contributed by atoms with Gasteiger partial charge in [0.25, 0.3) is 0 Å². The monoisotopic (exact) mass is 339 g/mol. The lowest BCUT2D eigenvalue weighted by molar-refractivity contribution is 0.479. The van der Waals surface area contributed by atoms with Gasteiger partial charge in [-0.05, 0) is 29.8 Å². The Morgan fingerprint density at radius 2 is 1.83 bits per heavy atom. The van der Waals surface area contributed by atoms with Crippen molar-refractivity contribution in [3.63, 3.8) is 0 Å². The number of fused-ring (bicyclic) bond motifs is 1. The van der Waals surface area contributed by atoms with E-state index < -0.39 is 0 Å². The molecular formula is C18H14FN3OS. The van der Waals surface area contributed by atoms with Crippen molar-refractivity contribution in [1.82, 2.24) is 4.98 Å². The second kappa shape index (κ2) is 6.80. The van der Waals surface area contributed by atoms with Gasteiger partial charge in [0, 0.05) is 18.0 Å². The molecule has 0 fully saturated rings. The highest BCUT2D eigenvalue weighted by Gasteiger charge is 2.14. The molecule has 0 aliphatic carbocycles. The van der Waals surface area contributed by atoms with Gasteiger partial charge in [0.05, 0.1) is 10.6 Å². The lowest BCUT2D eigenvalue weighted by Gasteiger charge is -2.09. The van der Waals surface area contributed by atoms with Crippen molar-refractivity contribution in [2.75, 3.05) is 0 Å². The Kier molecular flexibility index (Phi) is 4.57. The van der Waals surface area contributed by atoms with Gasteiger partial charge in [-0.1, -0.05) is 36.0 Å². The van der Waals surface area contributed by atoms with E-state index in [1.54, 1.807) is 36.5 Å². The first-order valence-electron chi connectivity index (χ1n) is 7.20. The van der Waals surface area contributed by atoms with E-state index in [1.165, 1.54) is 12.1 Å². The van der Waals surface area contributed by atoms with E-state index in [9.17, 15) is 9.50 Å². The van der Waals surface area contributed by atoms with E-state index >= 15 is 0 Å². The maximum Gasteiger partial charge on any atom is 0.151 e. The zero-order valence-electron chi connectivity index (χ0n) is 12.6. The van der Waals surface area contributed by atoms with Crippen LogP contribution in [-0.4, -0.2) is 20.2 Å². The first-order chi connectivity index (χ1) is 11.5. The number of aromatic nitrogens is 1. The van der Waals surface area contributed by atoms with Gasteiger partial charge in [-0.25, -0.2) is 4.39 Å². The van der Waals surface area contributed by atoms with Gasteiger partial charge in [-0.3, -0.25) is 15.8 Å². The van der Waals surface area contributed by atoms with Crippen LogP contribution in [0.4, 0.5) is 4.39 Å². The minimum absolute atomic E-state index is 0.0554. The first kappa shape index (κ1) is 16.1. The molecule has 1 aromatic heterocycles. The van der Waals surface area contributed by atoms with E-state index in [4.69, 9.17) is 10.8 Å². The molecule has 2 aromatic carbocycles. The van der Waals surface area contributed by atoms with Gasteiger partial charge >= 0.3 is 0 Å². The van der Waals surface area contributed by atoms with Crippen molar-refractivity contribution in [2.45, 2.75) is 6.42 Å². The number of nitrogens with one attached hydrogen (secondary N) is 2. The minimum Gasteiger partial charge on any atom is -0.505 e. The predicted octanol–water partition coefficient (Wildman–Crippen LogP) is 4.36. The minimum atomic E-state index is -0.320. The zero-order valence-corrected chi connectivity index (χ0v) is 13.4. The van der Waals surface area contributed by atoms with Crippen LogP contribution in [0.15, 0.2) is 54.7 Å². The van der Waals surface area contributed by atoms with Crippen molar-refractivity contribution in [1.29, 1.82) is 10.8 Å². The number of halogens is 1. The molecule has 0 bridgehead atoms. The van der Waals surface area contributed by atoms with Gasteiger partial charge in [-0.2, -0.15) is 0 Å². The fraction of sp³-hybridized carbons (Fsp3) is 0.0556. The van der Waals surface area contributed by atoms with Gasteiger partial charge in [0.15, 0.2) is 5.75 Å². The van der Waals surface area contributed by atoms with Crippen LogP contribution in [0.5, 0.6) is 5.75 Å². The number of aromatic hydroxyl groups is 1. The average molecular weight is 339 g/mol. The van der Waals surface area contributed by atoms with E-state index in [2.05, 4.69) is 4.98 Å². The Labute approximate surface area is 142 Å². The fourth-order valence-electron chi connectivity index (χ4n) is 2.31. The maximum atomic E-state index is 12.9. The SMILES string of the molecule is N=C(Cc1ccc(F)cc1)SC(=N)c1ccc2cccnc2c1O. The number of phenolic OH excluding ortho intramolecular Hbond substituents is 1. The number of hydrogen-bond donors (Lipinski definition) is 3. The van der Waals surface area contributed by atoms with Crippen LogP contribution >= 0.6 is 11.8 Å². The van der Waals surface area contributed by atoms with Crippen LogP contribution in [-0.2, 0) is 6.42 Å². The summed E-state index contributed by atoms with van der Waals surface area (Å²) in [4.78, 5) is 4.13. The quantitative estimate of drug-likeness (QED) is 0.490.